The lowest BCUT2D eigenvalue weighted by Gasteiger charge is -2.18. The van der Waals surface area contributed by atoms with Crippen molar-refractivity contribution in [3.8, 4) is 0 Å². The van der Waals surface area contributed by atoms with E-state index in [4.69, 9.17) is 0 Å². The Kier molecular flexibility index (Phi) is 3.59. The number of carbonyl (C=O) groups is 1. The van der Waals surface area contributed by atoms with Gasteiger partial charge in [0.25, 0.3) is 5.91 Å². The van der Waals surface area contributed by atoms with Gasteiger partial charge in [0.1, 0.15) is 11.6 Å². The average Bonchev–Trinajstić information content (AvgIpc) is 2.54. The molecule has 4 heteroatoms. The molecule has 2 aromatic carbocycles. The minimum atomic E-state index is -0.330. The van der Waals surface area contributed by atoms with E-state index >= 15 is 0 Å². The number of nitrogens with zero attached hydrogens (tertiary/aromatic N) is 2. The van der Waals surface area contributed by atoms with Crippen LogP contribution in [0.4, 0.5) is 10.2 Å². The van der Waals surface area contributed by atoms with Gasteiger partial charge in [-0.2, -0.15) is 0 Å². The molecule has 0 saturated heterocycles. The maximum absolute atomic E-state index is 13.9. The smallest absolute Gasteiger partial charge is 0.259 e. The third-order valence-electron chi connectivity index (χ3n) is 3.62. The second-order valence-electron chi connectivity index (χ2n) is 5.14. The minimum Gasteiger partial charge on any atom is -0.296 e. The van der Waals surface area contributed by atoms with Gasteiger partial charge in [-0.05, 0) is 36.6 Å². The van der Waals surface area contributed by atoms with E-state index in [0.717, 1.165) is 5.69 Å². The molecule has 0 fully saturated rings. The Morgan fingerprint density at radius 3 is 2.45 bits per heavy atom. The average molecular weight is 294 g/mol. The molecule has 1 heterocycles. The summed E-state index contributed by atoms with van der Waals surface area (Å²) in [7, 11) is 1.67. The molecule has 0 atom stereocenters. The number of hydrogen-bond donors (Lipinski definition) is 0. The number of aryl methyl sites for hydroxylation is 1. The van der Waals surface area contributed by atoms with Gasteiger partial charge in [-0.25, -0.2) is 9.37 Å². The molecule has 0 unspecified atom stereocenters. The summed E-state index contributed by atoms with van der Waals surface area (Å²) in [5, 5.41) is 1.05. The summed E-state index contributed by atoms with van der Waals surface area (Å²) in [6.45, 7) is 1.87. The molecule has 0 saturated carbocycles. The molecule has 0 N–H and O–H groups in total. The van der Waals surface area contributed by atoms with Crippen LogP contribution in [-0.2, 0) is 0 Å². The fraction of sp³-hybridized carbons (Fsp3) is 0.111. The second kappa shape index (κ2) is 5.56. The number of halogens is 1. The Labute approximate surface area is 128 Å². The second-order valence-corrected chi connectivity index (χ2v) is 5.14. The summed E-state index contributed by atoms with van der Waals surface area (Å²) >= 11 is 0. The SMILES string of the molecule is Cc1cccc(N(C)C(=O)c2ccc(F)c3ccccc23)n1. The van der Waals surface area contributed by atoms with Crippen LogP contribution in [0.2, 0.25) is 0 Å². The number of rotatable bonds is 2. The number of benzene rings is 2. The molecule has 0 spiro atoms. The van der Waals surface area contributed by atoms with Crippen molar-refractivity contribution in [2.24, 2.45) is 0 Å². The van der Waals surface area contributed by atoms with Gasteiger partial charge in [0.15, 0.2) is 0 Å². The van der Waals surface area contributed by atoms with E-state index in [0.29, 0.717) is 22.2 Å². The first-order valence-corrected chi connectivity index (χ1v) is 6.97. The van der Waals surface area contributed by atoms with Crippen molar-refractivity contribution >= 4 is 22.5 Å². The fourth-order valence-electron chi connectivity index (χ4n) is 2.45. The van der Waals surface area contributed by atoms with Gasteiger partial charge < -0.3 is 0 Å². The number of pyridine rings is 1. The van der Waals surface area contributed by atoms with Crippen LogP contribution in [0.25, 0.3) is 10.8 Å². The lowest BCUT2D eigenvalue weighted by atomic mass is 10.0. The molecule has 0 aliphatic carbocycles. The Balaban J connectivity index is 2.08. The predicted octanol–water partition coefficient (Wildman–Crippen LogP) is 3.96. The zero-order chi connectivity index (χ0) is 15.7. The van der Waals surface area contributed by atoms with E-state index in [-0.39, 0.29) is 11.7 Å². The highest BCUT2D eigenvalue weighted by atomic mass is 19.1. The summed E-state index contributed by atoms with van der Waals surface area (Å²) in [4.78, 5) is 18.6. The van der Waals surface area contributed by atoms with Gasteiger partial charge in [0, 0.05) is 23.7 Å². The Bertz CT molecular complexity index is 861. The zero-order valence-electron chi connectivity index (χ0n) is 12.4. The van der Waals surface area contributed by atoms with E-state index < -0.39 is 0 Å². The Morgan fingerprint density at radius 2 is 1.73 bits per heavy atom. The third kappa shape index (κ3) is 2.44. The monoisotopic (exact) mass is 294 g/mol. The van der Waals surface area contributed by atoms with Gasteiger partial charge in [-0.3, -0.25) is 9.69 Å². The summed E-state index contributed by atoms with van der Waals surface area (Å²) in [6, 6.07) is 15.3. The van der Waals surface area contributed by atoms with Gasteiger partial charge >= 0.3 is 0 Å². The van der Waals surface area contributed by atoms with Crippen LogP contribution in [0.1, 0.15) is 16.1 Å². The zero-order valence-corrected chi connectivity index (χ0v) is 12.4. The number of carbonyl (C=O) groups excluding carboxylic acids is 1. The normalized spacial score (nSPS) is 10.7. The molecule has 22 heavy (non-hydrogen) atoms. The fourth-order valence-corrected chi connectivity index (χ4v) is 2.45. The van der Waals surface area contributed by atoms with Crippen molar-refractivity contribution < 1.29 is 9.18 Å². The van der Waals surface area contributed by atoms with Gasteiger partial charge in [0.2, 0.25) is 0 Å². The number of hydrogen-bond acceptors (Lipinski definition) is 2. The first-order valence-electron chi connectivity index (χ1n) is 6.97. The van der Waals surface area contributed by atoms with E-state index in [1.165, 1.54) is 17.0 Å². The number of aromatic nitrogens is 1. The van der Waals surface area contributed by atoms with Crippen LogP contribution in [0, 0.1) is 12.7 Å². The van der Waals surface area contributed by atoms with Crippen LogP contribution >= 0.6 is 0 Å². The molecule has 0 aliphatic heterocycles. The maximum Gasteiger partial charge on any atom is 0.259 e. The van der Waals surface area contributed by atoms with Crippen LogP contribution in [0.15, 0.2) is 54.6 Å². The van der Waals surface area contributed by atoms with Crippen molar-refractivity contribution in [1.82, 2.24) is 4.98 Å². The highest BCUT2D eigenvalue weighted by molar-refractivity contribution is 6.13. The predicted molar refractivity (Wildman–Crippen MR) is 85.6 cm³/mol. The van der Waals surface area contributed by atoms with Crippen molar-refractivity contribution in [2.75, 3.05) is 11.9 Å². The first-order chi connectivity index (χ1) is 10.6. The standard InChI is InChI=1S/C18H15FN2O/c1-12-6-5-9-17(20-12)21(2)18(22)15-10-11-16(19)14-8-4-3-7-13(14)15/h3-11H,1-2H3. The number of amides is 1. The van der Waals surface area contributed by atoms with Crippen LogP contribution in [-0.4, -0.2) is 17.9 Å². The maximum atomic E-state index is 13.9. The van der Waals surface area contributed by atoms with Gasteiger partial charge in [0.05, 0.1) is 0 Å². The third-order valence-corrected chi connectivity index (χ3v) is 3.62. The molecule has 3 nitrogen and oxygen atoms in total. The van der Waals surface area contributed by atoms with Crippen molar-refractivity contribution in [1.29, 1.82) is 0 Å². The molecular formula is C18H15FN2O. The molecule has 0 radical (unpaired) electrons. The van der Waals surface area contributed by atoms with Crippen molar-refractivity contribution in [3.05, 3.63) is 71.7 Å². The largest absolute Gasteiger partial charge is 0.296 e. The Hall–Kier alpha value is -2.75. The summed E-state index contributed by atoms with van der Waals surface area (Å²) in [6.07, 6.45) is 0. The molecule has 110 valence electrons. The number of fused-ring (bicyclic) bond motifs is 1. The highest BCUT2D eigenvalue weighted by Crippen LogP contribution is 2.24. The molecular weight excluding hydrogens is 279 g/mol. The molecule has 0 aliphatic rings. The van der Waals surface area contributed by atoms with Crippen molar-refractivity contribution in [3.63, 3.8) is 0 Å². The minimum absolute atomic E-state index is 0.214. The van der Waals surface area contributed by atoms with Crippen LogP contribution < -0.4 is 4.90 Å². The topological polar surface area (TPSA) is 33.2 Å². The highest BCUT2D eigenvalue weighted by Gasteiger charge is 2.18. The summed E-state index contributed by atoms with van der Waals surface area (Å²) in [5.74, 6) is 0.0242. The summed E-state index contributed by atoms with van der Waals surface area (Å²) in [5.41, 5.74) is 1.30. The van der Waals surface area contributed by atoms with Crippen LogP contribution in [0.3, 0.4) is 0 Å². The van der Waals surface area contributed by atoms with E-state index in [2.05, 4.69) is 4.98 Å². The molecule has 1 amide bonds. The summed E-state index contributed by atoms with van der Waals surface area (Å²) < 4.78 is 13.9. The number of anilines is 1. The van der Waals surface area contributed by atoms with E-state index in [1.807, 2.05) is 19.1 Å². The van der Waals surface area contributed by atoms with E-state index in [9.17, 15) is 9.18 Å². The quantitative estimate of drug-likeness (QED) is 0.717. The van der Waals surface area contributed by atoms with Gasteiger partial charge in [-0.15, -0.1) is 0 Å². The van der Waals surface area contributed by atoms with E-state index in [1.54, 1.807) is 37.4 Å². The first kappa shape index (κ1) is 14.2. The van der Waals surface area contributed by atoms with Crippen LogP contribution in [0.5, 0.6) is 0 Å². The molecule has 3 rings (SSSR count). The van der Waals surface area contributed by atoms with Crippen molar-refractivity contribution in [2.45, 2.75) is 6.92 Å². The lowest BCUT2D eigenvalue weighted by Crippen LogP contribution is -2.27. The van der Waals surface area contributed by atoms with Gasteiger partial charge in [-0.1, -0.05) is 30.3 Å². The molecule has 0 bridgehead atoms. The molecule has 1 aromatic heterocycles. The Morgan fingerprint density at radius 1 is 1.00 bits per heavy atom. The lowest BCUT2D eigenvalue weighted by molar-refractivity contribution is 0.0994. The molecule has 3 aromatic rings.